The van der Waals surface area contributed by atoms with E-state index in [1.807, 2.05) is 0 Å². The maximum absolute atomic E-state index is 12.9. The summed E-state index contributed by atoms with van der Waals surface area (Å²) in [6.07, 6.45) is 0.947. The van der Waals surface area contributed by atoms with Crippen LogP contribution in [-0.2, 0) is 6.18 Å². The van der Waals surface area contributed by atoms with Gasteiger partial charge in [-0.05, 0) is 43.9 Å². The smallest absolute Gasteiger partial charge is 0.314 e. The van der Waals surface area contributed by atoms with Crippen LogP contribution in [0.2, 0.25) is 5.02 Å². The van der Waals surface area contributed by atoms with Crippen molar-refractivity contribution < 1.29 is 18.0 Å². The summed E-state index contributed by atoms with van der Waals surface area (Å²) in [5, 5.41) is 4.61. The van der Waals surface area contributed by atoms with E-state index in [9.17, 15) is 18.0 Å². The first kappa shape index (κ1) is 15.7. The van der Waals surface area contributed by atoms with Crippen LogP contribution in [0.4, 0.5) is 23.7 Å². The van der Waals surface area contributed by atoms with E-state index in [0.717, 1.165) is 43.4 Å². The highest BCUT2D eigenvalue weighted by atomic mass is 35.5. The molecule has 2 rings (SSSR count). The largest absolute Gasteiger partial charge is 0.418 e. The van der Waals surface area contributed by atoms with Gasteiger partial charge in [0.05, 0.1) is 11.3 Å². The van der Waals surface area contributed by atoms with Crippen molar-refractivity contribution in [3.8, 4) is 0 Å². The molecule has 0 aromatic heterocycles. The molecule has 1 aliphatic carbocycles. The molecule has 1 aromatic rings. The monoisotopic (exact) mass is 318 g/mol. The summed E-state index contributed by atoms with van der Waals surface area (Å²) >= 11 is 5.57. The third-order valence-corrected chi connectivity index (χ3v) is 3.42. The van der Waals surface area contributed by atoms with E-state index in [0.29, 0.717) is 0 Å². The lowest BCUT2D eigenvalue weighted by Gasteiger charge is -2.14. The Morgan fingerprint density at radius 2 is 1.90 bits per heavy atom. The lowest BCUT2D eigenvalue weighted by atomic mass is 10.1. The van der Waals surface area contributed by atoms with E-state index in [-0.39, 0.29) is 10.7 Å². The molecule has 3 nitrogen and oxygen atoms in total. The second-order valence-corrected chi connectivity index (χ2v) is 5.23. The van der Waals surface area contributed by atoms with Crippen molar-refractivity contribution in [2.45, 2.75) is 31.9 Å². The summed E-state index contributed by atoms with van der Waals surface area (Å²) in [6.45, 7) is 0. The Morgan fingerprint density at radius 1 is 1.24 bits per heavy atom. The second-order valence-electron chi connectivity index (χ2n) is 4.80. The number of alkyl halides is 3. The zero-order valence-corrected chi connectivity index (χ0v) is 11.8. The second kappa shape index (κ2) is 6.39. The highest BCUT2D eigenvalue weighted by Gasteiger charge is 2.34. The van der Waals surface area contributed by atoms with E-state index >= 15 is 0 Å². The first-order valence-corrected chi connectivity index (χ1v) is 6.86. The normalized spacial score (nSPS) is 15.0. The van der Waals surface area contributed by atoms with Crippen LogP contribution < -0.4 is 10.6 Å². The van der Waals surface area contributed by atoms with Gasteiger partial charge in [0, 0.05) is 11.2 Å². The van der Waals surface area contributed by atoms with Crippen molar-refractivity contribution in [3.63, 3.8) is 0 Å². The number of hydrogen-bond acceptors (Lipinski definition) is 1. The Balaban J connectivity index is 2.08. The van der Waals surface area contributed by atoms with Crippen LogP contribution >= 0.6 is 11.6 Å². The van der Waals surface area contributed by atoms with Gasteiger partial charge in [-0.15, -0.1) is 0 Å². The molecule has 114 valence electrons. The summed E-state index contributed by atoms with van der Waals surface area (Å²) in [4.78, 5) is 11.7. The molecule has 0 saturated heterocycles. The molecular formula is C14H14ClF3N2O. The predicted octanol–water partition coefficient (Wildman–Crippen LogP) is 4.94. The first-order valence-electron chi connectivity index (χ1n) is 6.48. The molecule has 0 spiro atoms. The number of hydrogen-bond donors (Lipinski definition) is 2. The average molecular weight is 319 g/mol. The molecule has 0 aliphatic heterocycles. The van der Waals surface area contributed by atoms with Gasteiger partial charge in [0.1, 0.15) is 0 Å². The van der Waals surface area contributed by atoms with Crippen LogP contribution in [0.5, 0.6) is 0 Å². The van der Waals surface area contributed by atoms with E-state index in [1.54, 1.807) is 6.20 Å². The van der Waals surface area contributed by atoms with Crippen LogP contribution in [0.15, 0.2) is 30.0 Å². The van der Waals surface area contributed by atoms with Gasteiger partial charge in [-0.25, -0.2) is 4.79 Å². The maximum Gasteiger partial charge on any atom is 0.418 e. The molecule has 2 N–H and O–H groups in total. The van der Waals surface area contributed by atoms with E-state index in [2.05, 4.69) is 10.6 Å². The molecule has 0 radical (unpaired) electrons. The lowest BCUT2D eigenvalue weighted by Crippen LogP contribution is -2.25. The molecule has 1 aromatic carbocycles. The molecular weight excluding hydrogens is 305 g/mol. The van der Waals surface area contributed by atoms with Crippen LogP contribution in [0.1, 0.15) is 31.2 Å². The van der Waals surface area contributed by atoms with Gasteiger partial charge in [0.2, 0.25) is 0 Å². The number of carbonyl (C=O) groups is 1. The highest BCUT2D eigenvalue weighted by molar-refractivity contribution is 6.30. The zero-order chi connectivity index (χ0) is 15.5. The van der Waals surface area contributed by atoms with Crippen LogP contribution in [0.25, 0.3) is 0 Å². The average Bonchev–Trinajstić information content (AvgIpc) is 2.90. The Bertz CT molecular complexity index is 562. The van der Waals surface area contributed by atoms with Crippen molar-refractivity contribution in [1.29, 1.82) is 0 Å². The molecule has 0 unspecified atom stereocenters. The van der Waals surface area contributed by atoms with Gasteiger partial charge in [-0.3, -0.25) is 0 Å². The van der Waals surface area contributed by atoms with E-state index < -0.39 is 17.8 Å². The fourth-order valence-electron chi connectivity index (χ4n) is 2.16. The zero-order valence-electron chi connectivity index (χ0n) is 11.1. The summed E-state index contributed by atoms with van der Waals surface area (Å²) < 4.78 is 38.6. The number of allylic oxidation sites excluding steroid dienone is 1. The lowest BCUT2D eigenvalue weighted by molar-refractivity contribution is -0.136. The first-order chi connectivity index (χ1) is 9.86. The Morgan fingerprint density at radius 3 is 2.52 bits per heavy atom. The fraction of sp³-hybridized carbons (Fsp3) is 0.357. The molecule has 1 fully saturated rings. The topological polar surface area (TPSA) is 41.1 Å². The molecule has 0 atom stereocenters. The quantitative estimate of drug-likeness (QED) is 0.797. The van der Waals surface area contributed by atoms with Gasteiger partial charge < -0.3 is 10.6 Å². The summed E-state index contributed by atoms with van der Waals surface area (Å²) in [7, 11) is 0. The van der Waals surface area contributed by atoms with Crippen molar-refractivity contribution in [3.05, 3.63) is 40.6 Å². The highest BCUT2D eigenvalue weighted by Crippen LogP contribution is 2.36. The predicted molar refractivity (Wildman–Crippen MR) is 75.2 cm³/mol. The Hall–Kier alpha value is -1.69. The minimum atomic E-state index is -4.59. The minimum Gasteiger partial charge on any atom is -0.314 e. The molecule has 1 saturated carbocycles. The van der Waals surface area contributed by atoms with E-state index in [1.165, 1.54) is 6.07 Å². The number of amides is 2. The van der Waals surface area contributed by atoms with Gasteiger partial charge in [0.15, 0.2) is 0 Å². The standard InChI is InChI=1S/C14H14ClF3N2O/c15-10-5-6-12(11(7-10)14(16,17)18)20-13(21)19-8-9-3-1-2-4-9/h5-8H,1-4H2,(H2,19,20,21). The van der Waals surface area contributed by atoms with Gasteiger partial charge >= 0.3 is 12.2 Å². The number of benzene rings is 1. The summed E-state index contributed by atoms with van der Waals surface area (Å²) in [6, 6.07) is 2.50. The van der Waals surface area contributed by atoms with Crippen LogP contribution in [0.3, 0.4) is 0 Å². The van der Waals surface area contributed by atoms with Crippen LogP contribution in [-0.4, -0.2) is 6.03 Å². The molecule has 2 amide bonds. The number of urea groups is 1. The molecule has 21 heavy (non-hydrogen) atoms. The third kappa shape index (κ3) is 4.39. The maximum atomic E-state index is 12.9. The van der Waals surface area contributed by atoms with Crippen LogP contribution in [0, 0.1) is 0 Å². The molecule has 1 aliphatic rings. The number of anilines is 1. The Kier molecular flexibility index (Phi) is 4.77. The number of nitrogens with one attached hydrogen (secondary N) is 2. The van der Waals surface area contributed by atoms with Gasteiger partial charge in [-0.1, -0.05) is 17.2 Å². The summed E-state index contributed by atoms with van der Waals surface area (Å²) in [5.41, 5.74) is -0.204. The van der Waals surface area contributed by atoms with E-state index in [4.69, 9.17) is 11.6 Å². The number of halogens is 4. The van der Waals surface area contributed by atoms with Crippen molar-refractivity contribution >= 4 is 23.3 Å². The SMILES string of the molecule is O=C(NC=C1CCCC1)Nc1ccc(Cl)cc1C(F)(F)F. The van der Waals surface area contributed by atoms with Crippen molar-refractivity contribution in [2.75, 3.05) is 5.32 Å². The van der Waals surface area contributed by atoms with Gasteiger partial charge in [-0.2, -0.15) is 13.2 Å². The van der Waals surface area contributed by atoms with Crippen molar-refractivity contribution in [1.82, 2.24) is 5.32 Å². The Labute approximate surface area is 125 Å². The van der Waals surface area contributed by atoms with Crippen molar-refractivity contribution in [2.24, 2.45) is 0 Å². The minimum absolute atomic E-state index is 0.0404. The fourth-order valence-corrected chi connectivity index (χ4v) is 2.33. The number of rotatable bonds is 2. The summed E-state index contributed by atoms with van der Waals surface area (Å²) in [5.74, 6) is 0. The molecule has 0 bridgehead atoms. The third-order valence-electron chi connectivity index (χ3n) is 3.19. The molecule has 0 heterocycles. The van der Waals surface area contributed by atoms with Gasteiger partial charge in [0.25, 0.3) is 0 Å². The molecule has 7 heteroatoms. The number of carbonyl (C=O) groups excluding carboxylic acids is 1.